The predicted octanol–water partition coefficient (Wildman–Crippen LogP) is 8.53. The van der Waals surface area contributed by atoms with Gasteiger partial charge in [0.05, 0.1) is 20.1 Å². The molecule has 1 aliphatic heterocycles. The van der Waals surface area contributed by atoms with Gasteiger partial charge < -0.3 is 9.84 Å². The van der Waals surface area contributed by atoms with Crippen molar-refractivity contribution < 1.29 is 24.2 Å². The molecule has 2 heterocycles. The highest BCUT2D eigenvalue weighted by Gasteiger charge is 2.36. The second kappa shape index (κ2) is 10.7. The van der Waals surface area contributed by atoms with Crippen LogP contribution in [0.15, 0.2) is 86.2 Å². The van der Waals surface area contributed by atoms with Crippen molar-refractivity contribution in [3.63, 3.8) is 0 Å². The second-order valence-corrected chi connectivity index (χ2v) is 12.9. The zero-order valence-corrected chi connectivity index (χ0v) is 26.1. The van der Waals surface area contributed by atoms with Gasteiger partial charge in [-0.1, -0.05) is 46.3 Å². The number of hydrogen-bond donors (Lipinski definition) is 1. The van der Waals surface area contributed by atoms with Crippen LogP contribution in [-0.4, -0.2) is 40.4 Å². The molecule has 0 bridgehead atoms. The number of fused-ring (bicyclic) bond motifs is 4. The maximum atomic E-state index is 12.7. The van der Waals surface area contributed by atoms with Crippen molar-refractivity contribution in [3.05, 3.63) is 97.3 Å². The molecule has 1 aromatic heterocycles. The van der Waals surface area contributed by atoms with Crippen LogP contribution in [0.3, 0.4) is 0 Å². The van der Waals surface area contributed by atoms with Crippen LogP contribution in [0.2, 0.25) is 0 Å². The summed E-state index contributed by atoms with van der Waals surface area (Å²) in [7, 11) is 0. The van der Waals surface area contributed by atoms with E-state index in [1.165, 1.54) is 4.70 Å². The Balaban J connectivity index is 1.29. The number of imide groups is 1. The van der Waals surface area contributed by atoms with Gasteiger partial charge in [0.1, 0.15) is 5.75 Å². The standard InChI is InChI=1S/C30H18Br3NO5S/c31-19-9-10-24-26(18-7-3-4-8-23(18)40-24)25(19)15-13-20(32)27(21(33)14-15)39-22(30(37)38)11-12-34-28(35)16-5-1-2-6-17(16)29(34)36/h1-10,13-14,22H,11-12H2,(H,37,38)/t22-/m1/s1. The lowest BCUT2D eigenvalue weighted by molar-refractivity contribution is -0.145. The molecule has 0 aliphatic carbocycles. The minimum atomic E-state index is -1.29. The number of amides is 2. The Labute approximate surface area is 257 Å². The molecule has 1 atom stereocenters. The fourth-order valence-corrected chi connectivity index (χ4v) is 8.00. The second-order valence-electron chi connectivity index (χ2n) is 9.20. The van der Waals surface area contributed by atoms with E-state index in [1.54, 1.807) is 35.6 Å². The lowest BCUT2D eigenvalue weighted by Gasteiger charge is -2.21. The predicted molar refractivity (Wildman–Crippen MR) is 166 cm³/mol. The number of carboxylic acid groups (broad SMARTS) is 1. The van der Waals surface area contributed by atoms with Crippen LogP contribution in [0, 0.1) is 0 Å². The van der Waals surface area contributed by atoms with Gasteiger partial charge in [-0.3, -0.25) is 14.5 Å². The van der Waals surface area contributed by atoms with Crippen LogP contribution in [0.4, 0.5) is 0 Å². The van der Waals surface area contributed by atoms with E-state index in [0.29, 0.717) is 25.8 Å². The molecule has 200 valence electrons. The Morgan fingerprint density at radius 1 is 0.850 bits per heavy atom. The molecular weight excluding hydrogens is 726 g/mol. The first-order valence-electron chi connectivity index (χ1n) is 12.2. The van der Waals surface area contributed by atoms with Gasteiger partial charge in [0.25, 0.3) is 11.8 Å². The van der Waals surface area contributed by atoms with Crippen LogP contribution in [0.1, 0.15) is 27.1 Å². The monoisotopic (exact) mass is 741 g/mol. The highest BCUT2D eigenvalue weighted by atomic mass is 79.9. The summed E-state index contributed by atoms with van der Waals surface area (Å²) in [5.41, 5.74) is 2.57. The Bertz CT molecular complexity index is 1810. The molecule has 2 amide bonds. The van der Waals surface area contributed by atoms with Gasteiger partial charge in [-0.2, -0.15) is 0 Å². The molecule has 0 radical (unpaired) electrons. The van der Waals surface area contributed by atoms with Crippen LogP contribution < -0.4 is 4.74 Å². The molecule has 6 rings (SSSR count). The molecule has 0 fully saturated rings. The highest BCUT2D eigenvalue weighted by Crippen LogP contribution is 2.46. The minimum Gasteiger partial charge on any atom is -0.479 e. The molecule has 1 N–H and O–H groups in total. The zero-order valence-electron chi connectivity index (χ0n) is 20.5. The maximum absolute atomic E-state index is 12.7. The summed E-state index contributed by atoms with van der Waals surface area (Å²) in [5.74, 6) is -1.75. The zero-order chi connectivity index (χ0) is 28.1. The third-order valence-electron chi connectivity index (χ3n) is 6.81. The number of hydrogen-bond acceptors (Lipinski definition) is 5. The number of nitrogens with zero attached hydrogens (tertiary/aromatic N) is 1. The molecule has 5 aromatic rings. The molecule has 4 aromatic carbocycles. The van der Waals surface area contributed by atoms with Crippen molar-refractivity contribution in [1.82, 2.24) is 4.90 Å². The number of ether oxygens (including phenoxy) is 1. The van der Waals surface area contributed by atoms with E-state index < -0.39 is 23.9 Å². The molecule has 1 aliphatic rings. The summed E-state index contributed by atoms with van der Waals surface area (Å²) >= 11 is 12.6. The molecule has 0 spiro atoms. The van der Waals surface area contributed by atoms with Gasteiger partial charge in [-0.05, 0) is 79.9 Å². The van der Waals surface area contributed by atoms with Crippen LogP contribution in [0.25, 0.3) is 31.3 Å². The maximum Gasteiger partial charge on any atom is 0.344 e. The van der Waals surface area contributed by atoms with E-state index >= 15 is 0 Å². The van der Waals surface area contributed by atoms with Crippen molar-refractivity contribution in [3.8, 4) is 16.9 Å². The van der Waals surface area contributed by atoms with Gasteiger partial charge in [0, 0.05) is 43.2 Å². The van der Waals surface area contributed by atoms with E-state index in [4.69, 9.17) is 4.74 Å². The summed E-state index contributed by atoms with van der Waals surface area (Å²) < 4.78 is 10.4. The van der Waals surface area contributed by atoms with Crippen molar-refractivity contribution in [1.29, 1.82) is 0 Å². The molecule has 0 saturated heterocycles. The van der Waals surface area contributed by atoms with E-state index in [1.807, 2.05) is 30.3 Å². The summed E-state index contributed by atoms with van der Waals surface area (Å²) in [5, 5.41) is 12.2. The van der Waals surface area contributed by atoms with Gasteiger partial charge in [0.2, 0.25) is 0 Å². The van der Waals surface area contributed by atoms with Crippen LogP contribution >= 0.6 is 59.1 Å². The first-order chi connectivity index (χ1) is 19.2. The van der Waals surface area contributed by atoms with Crippen molar-refractivity contribution in [2.24, 2.45) is 0 Å². The first kappa shape index (κ1) is 27.1. The van der Waals surface area contributed by atoms with Gasteiger partial charge in [-0.15, -0.1) is 11.3 Å². The summed E-state index contributed by atoms with van der Waals surface area (Å²) in [6.07, 6.45) is -1.37. The molecule has 6 nitrogen and oxygen atoms in total. The van der Waals surface area contributed by atoms with E-state index in [9.17, 15) is 19.5 Å². The molecule has 0 saturated carbocycles. The lowest BCUT2D eigenvalue weighted by atomic mass is 9.99. The lowest BCUT2D eigenvalue weighted by Crippen LogP contribution is -2.36. The van der Waals surface area contributed by atoms with Crippen molar-refractivity contribution in [2.75, 3.05) is 6.54 Å². The summed E-state index contributed by atoms with van der Waals surface area (Å²) in [6, 6.07) is 22.7. The molecule has 40 heavy (non-hydrogen) atoms. The van der Waals surface area contributed by atoms with Gasteiger partial charge in [0.15, 0.2) is 6.10 Å². The van der Waals surface area contributed by atoms with E-state index in [0.717, 1.165) is 36.0 Å². The number of halogens is 3. The fraction of sp³-hybridized carbons (Fsp3) is 0.100. The SMILES string of the molecule is O=C(O)[C@@H](CCN1C(=O)c2ccccc2C1=O)Oc1c(Br)cc(-c2c(Br)ccc3sc4ccccc4c23)cc1Br. The third-order valence-corrected chi connectivity index (χ3v) is 9.78. The van der Waals surface area contributed by atoms with Crippen molar-refractivity contribution in [2.45, 2.75) is 12.5 Å². The Kier molecular flexibility index (Phi) is 7.28. The largest absolute Gasteiger partial charge is 0.479 e. The Morgan fingerprint density at radius 3 is 2.12 bits per heavy atom. The van der Waals surface area contributed by atoms with E-state index in [-0.39, 0.29) is 13.0 Å². The number of rotatable bonds is 7. The Morgan fingerprint density at radius 2 is 1.48 bits per heavy atom. The fourth-order valence-electron chi connectivity index (χ4n) is 4.95. The first-order valence-corrected chi connectivity index (χ1v) is 15.4. The number of aliphatic carboxylic acids is 1. The average Bonchev–Trinajstić information content (AvgIpc) is 3.42. The van der Waals surface area contributed by atoms with E-state index in [2.05, 4.69) is 66.0 Å². The van der Waals surface area contributed by atoms with Crippen LogP contribution in [0.5, 0.6) is 5.75 Å². The van der Waals surface area contributed by atoms with Gasteiger partial charge in [-0.25, -0.2) is 4.79 Å². The topological polar surface area (TPSA) is 83.9 Å². The normalized spacial score (nSPS) is 13.7. The smallest absolute Gasteiger partial charge is 0.344 e. The van der Waals surface area contributed by atoms with Gasteiger partial charge >= 0.3 is 5.97 Å². The van der Waals surface area contributed by atoms with Crippen LogP contribution in [-0.2, 0) is 4.79 Å². The number of carboxylic acids is 1. The molecule has 10 heteroatoms. The minimum absolute atomic E-state index is 0.0762. The number of thiophene rings is 1. The molecule has 0 unspecified atom stereocenters. The average molecular weight is 744 g/mol. The highest BCUT2D eigenvalue weighted by molar-refractivity contribution is 9.11. The van der Waals surface area contributed by atoms with Crippen molar-refractivity contribution >= 4 is 97.1 Å². The Hall–Kier alpha value is -3.05. The number of carbonyl (C=O) groups excluding carboxylic acids is 2. The number of carbonyl (C=O) groups is 3. The third kappa shape index (κ3) is 4.66. The summed E-state index contributed by atoms with van der Waals surface area (Å²) in [6.45, 7) is -0.0865. The summed E-state index contributed by atoms with van der Waals surface area (Å²) in [4.78, 5) is 38.6. The number of benzene rings is 4. The quantitative estimate of drug-likeness (QED) is 0.169. The molecular formula is C30H18Br3NO5S.